The number of hydrogen-bond acceptors (Lipinski definition) is 1. The molecule has 210 valence electrons. The van der Waals surface area contributed by atoms with Crippen LogP contribution in [0.15, 0.2) is 103 Å². The first kappa shape index (κ1) is 30.6. The van der Waals surface area contributed by atoms with E-state index in [1.165, 1.54) is 0 Å². The van der Waals surface area contributed by atoms with Crippen molar-refractivity contribution < 1.29 is 3.02 Å². The molecule has 0 saturated heterocycles. The van der Waals surface area contributed by atoms with Crippen LogP contribution < -0.4 is 17.1 Å². The number of alkyl halides is 1. The predicted molar refractivity (Wildman–Crippen MR) is 181 cm³/mol. The fourth-order valence-electron chi connectivity index (χ4n) is 5.38. The van der Waals surface area contributed by atoms with Gasteiger partial charge in [-0.15, -0.1) is 0 Å². The van der Waals surface area contributed by atoms with Crippen molar-refractivity contribution in [3.05, 3.63) is 145 Å². The van der Waals surface area contributed by atoms with E-state index in [2.05, 4.69) is 93.6 Å². The number of para-hydroxylation sites is 1. The van der Waals surface area contributed by atoms with Crippen molar-refractivity contribution in [2.24, 2.45) is 0 Å². The average Bonchev–Trinajstić information content (AvgIpc) is 2.98. The molecule has 0 radical (unpaired) electrons. The third-order valence-corrected chi connectivity index (χ3v) is 26.7. The Hall–Kier alpha value is -1.83. The number of aryl methyl sites for hydroxylation is 3. The molecule has 0 aromatic heterocycles. The van der Waals surface area contributed by atoms with Crippen molar-refractivity contribution in [3.63, 3.8) is 0 Å². The van der Waals surface area contributed by atoms with Crippen LogP contribution in [-0.2, 0) is 5.88 Å². The first-order valence-corrected chi connectivity index (χ1v) is 21.2. The Kier molecular flexibility index (Phi) is 8.99. The van der Waals surface area contributed by atoms with Crippen molar-refractivity contribution in [2.75, 3.05) is 0 Å². The molecule has 0 aliphatic heterocycles. The summed E-state index contributed by atoms with van der Waals surface area (Å²) in [5.74, 6) is 0.734. The van der Waals surface area contributed by atoms with Gasteiger partial charge in [-0.1, -0.05) is 0 Å². The Morgan fingerprint density at radius 1 is 0.512 bits per heavy atom. The van der Waals surface area contributed by atoms with Crippen molar-refractivity contribution in [1.82, 2.24) is 0 Å². The van der Waals surface area contributed by atoms with Gasteiger partial charge in [0.25, 0.3) is 0 Å². The zero-order valence-corrected chi connectivity index (χ0v) is 29.1. The van der Waals surface area contributed by atoms with Crippen molar-refractivity contribution in [1.29, 1.82) is 0 Å². The van der Waals surface area contributed by atoms with Gasteiger partial charge < -0.3 is 0 Å². The summed E-state index contributed by atoms with van der Waals surface area (Å²) in [5.41, 5.74) is 3.82. The molecule has 0 fully saturated rings. The van der Waals surface area contributed by atoms with Crippen LogP contribution in [0.5, 0.6) is 5.75 Å². The first-order valence-electron chi connectivity index (χ1n) is 13.0. The summed E-state index contributed by atoms with van der Waals surface area (Å²) >= 11 is 29.4. The third kappa shape index (κ3) is 4.98. The Labute approximate surface area is 268 Å². The van der Waals surface area contributed by atoms with Crippen LogP contribution in [0.25, 0.3) is 0 Å². The molecule has 0 amide bonds. The van der Waals surface area contributed by atoms with Gasteiger partial charge in [-0.25, -0.2) is 0 Å². The van der Waals surface area contributed by atoms with E-state index in [0.717, 1.165) is 27.2 Å². The fourth-order valence-corrected chi connectivity index (χ4v) is 25.8. The summed E-state index contributed by atoms with van der Waals surface area (Å²) in [6.07, 6.45) is 0. The molecule has 0 bridgehead atoms. The van der Waals surface area contributed by atoms with E-state index in [-0.39, 0.29) is 26.0 Å². The van der Waals surface area contributed by atoms with Crippen LogP contribution in [0.1, 0.15) is 22.3 Å². The molecule has 5 aromatic carbocycles. The van der Waals surface area contributed by atoms with E-state index in [1.54, 1.807) is 0 Å². The number of hydrogen-bond donors (Lipinski definition) is 0. The van der Waals surface area contributed by atoms with Gasteiger partial charge in [-0.3, -0.25) is 0 Å². The Morgan fingerprint density at radius 3 is 1.22 bits per heavy atom. The van der Waals surface area contributed by atoms with Gasteiger partial charge in [0, 0.05) is 0 Å². The van der Waals surface area contributed by atoms with E-state index < -0.39 is 17.8 Å². The maximum atomic E-state index is 7.68. The van der Waals surface area contributed by atoms with Gasteiger partial charge in [0.15, 0.2) is 0 Å². The zero-order valence-electron chi connectivity index (χ0n) is 22.8. The van der Waals surface area contributed by atoms with E-state index in [4.69, 9.17) is 61.0 Å². The van der Waals surface area contributed by atoms with Crippen LogP contribution in [0.4, 0.5) is 0 Å². The van der Waals surface area contributed by atoms with E-state index in [0.29, 0.717) is 14.8 Å². The topological polar surface area (TPSA) is 9.23 Å². The molecule has 0 N–H and O–H groups in total. The standard InChI is InChI=1S/C7H2Cl5.3C7H7.C6H6O.Sb/c8-2-3-6(11)4(9)1-5(10)7(3)12;3*1-7-5-3-2-4-6-7;7-6-4-2-1-3-5-6;/h2H2;3*3-6H,1H3;1-5,7H;/q;;;;;+1/p-1. The summed E-state index contributed by atoms with van der Waals surface area (Å²) in [6.45, 7) is 6.18. The monoisotopic (exact) mass is 748 g/mol. The molecular weight excluding hydrogens is 723 g/mol. The van der Waals surface area contributed by atoms with Gasteiger partial charge in [-0.2, -0.15) is 0 Å². The summed E-state index contributed by atoms with van der Waals surface area (Å²) in [5, 5.41) is 1.12. The Balaban J connectivity index is 2.17. The van der Waals surface area contributed by atoms with Gasteiger partial charge in [0.1, 0.15) is 0 Å². The van der Waals surface area contributed by atoms with Crippen LogP contribution >= 0.6 is 58.0 Å². The maximum absolute atomic E-state index is 7.68. The first-order chi connectivity index (χ1) is 19.6. The van der Waals surface area contributed by atoms with Crippen LogP contribution in [0.2, 0.25) is 20.1 Å². The van der Waals surface area contributed by atoms with Crippen LogP contribution in [0, 0.1) is 20.8 Å². The molecule has 0 heterocycles. The van der Waals surface area contributed by atoms with Gasteiger partial charge in [0.2, 0.25) is 0 Å². The second kappa shape index (κ2) is 12.0. The third-order valence-electron chi connectivity index (χ3n) is 7.50. The Morgan fingerprint density at radius 2 is 0.878 bits per heavy atom. The molecule has 5 aromatic rings. The molecule has 5 rings (SSSR count). The molecule has 0 aliphatic rings. The zero-order chi connectivity index (χ0) is 29.4. The average molecular weight is 752 g/mol. The number of rotatable bonds is 7. The fraction of sp³-hybridized carbons (Fsp3) is 0.118. The van der Waals surface area contributed by atoms with Crippen molar-refractivity contribution >= 4 is 89.9 Å². The van der Waals surface area contributed by atoms with E-state index in [9.17, 15) is 0 Å². The minimum absolute atomic E-state index is 0.0560. The Bertz CT molecular complexity index is 1560. The molecular formula is C34H28Cl5OSb. The van der Waals surface area contributed by atoms with Crippen LogP contribution in [-0.4, -0.2) is 17.8 Å². The summed E-state index contributed by atoms with van der Waals surface area (Å²) in [6, 6.07) is 35.1. The van der Waals surface area contributed by atoms with Crippen LogP contribution in [0.3, 0.4) is 0 Å². The van der Waals surface area contributed by atoms with Gasteiger partial charge in [-0.05, 0) is 0 Å². The van der Waals surface area contributed by atoms with Gasteiger partial charge >= 0.3 is 271 Å². The predicted octanol–water partition coefficient (Wildman–Crippen LogP) is 8.87. The minimum atomic E-state index is -5.64. The number of benzene rings is 5. The van der Waals surface area contributed by atoms with E-state index >= 15 is 0 Å². The van der Waals surface area contributed by atoms with Gasteiger partial charge in [0.05, 0.1) is 0 Å². The molecule has 0 spiro atoms. The summed E-state index contributed by atoms with van der Waals surface area (Å²) in [7, 11) is 0. The molecule has 7 heteroatoms. The second-order valence-electron chi connectivity index (χ2n) is 10.2. The molecule has 0 atom stereocenters. The molecule has 41 heavy (non-hydrogen) atoms. The summed E-state index contributed by atoms with van der Waals surface area (Å²) in [4.78, 5) is 0. The quantitative estimate of drug-likeness (QED) is 0.0918. The molecule has 1 nitrogen and oxygen atoms in total. The molecule has 0 unspecified atom stereocenters. The van der Waals surface area contributed by atoms with Crippen molar-refractivity contribution in [3.8, 4) is 5.75 Å². The van der Waals surface area contributed by atoms with E-state index in [1.807, 2.05) is 30.3 Å². The molecule has 0 saturated carbocycles. The second-order valence-corrected chi connectivity index (χ2v) is 24.1. The SMILES string of the molecule is Cc1cc[c]([Sb]([O]c2ccccc2)([c]2ccc(C)cc2)([c]2ccc(C)cc2)[c]2c(Cl)c(Cl)c(CCl)c(Cl)c2Cl)cc1. The normalized spacial score (nSPS) is 12.5. The molecule has 0 aliphatic carbocycles. The van der Waals surface area contributed by atoms with Crippen molar-refractivity contribution in [2.45, 2.75) is 26.7 Å². The summed E-state index contributed by atoms with van der Waals surface area (Å²) < 4.78 is 11.2. The number of halogens is 5.